The number of likely N-dealkylation sites (tertiary alicyclic amines) is 1. The molecule has 0 aromatic heterocycles. The highest BCUT2D eigenvalue weighted by Gasteiger charge is 2.33. The van der Waals surface area contributed by atoms with Gasteiger partial charge in [-0.3, -0.25) is 14.5 Å². The molecule has 0 bridgehead atoms. The van der Waals surface area contributed by atoms with Gasteiger partial charge in [-0.05, 0) is 42.7 Å². The summed E-state index contributed by atoms with van der Waals surface area (Å²) in [6.07, 6.45) is 2.04. The van der Waals surface area contributed by atoms with Crippen molar-refractivity contribution in [1.29, 1.82) is 0 Å². The third kappa shape index (κ3) is 3.79. The number of carbonyl (C=O) groups is 2. The number of hydrogen-bond acceptors (Lipinski definition) is 5. The average molecular weight is 410 g/mol. The molecular formula is C23H26N2O5. The third-order valence-corrected chi connectivity index (χ3v) is 5.69. The maximum atomic E-state index is 13.3. The Morgan fingerprint density at radius 1 is 1.13 bits per heavy atom. The number of methoxy groups -OCH3 is 2. The Morgan fingerprint density at radius 3 is 2.73 bits per heavy atom. The van der Waals surface area contributed by atoms with Crippen LogP contribution in [-0.2, 0) is 9.59 Å². The first-order valence-electron chi connectivity index (χ1n) is 10.2. The van der Waals surface area contributed by atoms with Crippen LogP contribution in [0.4, 0.5) is 5.69 Å². The second kappa shape index (κ2) is 8.65. The zero-order valence-corrected chi connectivity index (χ0v) is 17.3. The molecule has 1 fully saturated rings. The van der Waals surface area contributed by atoms with E-state index in [0.29, 0.717) is 36.1 Å². The second-order valence-corrected chi connectivity index (χ2v) is 7.41. The van der Waals surface area contributed by atoms with Crippen LogP contribution in [0.1, 0.15) is 30.9 Å². The molecule has 1 atom stereocenters. The number of para-hydroxylation sites is 2. The number of fused-ring (bicyclic) bond motifs is 1. The van der Waals surface area contributed by atoms with E-state index in [1.54, 1.807) is 19.1 Å². The monoisotopic (exact) mass is 410 g/mol. The smallest absolute Gasteiger partial charge is 0.243 e. The maximum Gasteiger partial charge on any atom is 0.243 e. The number of amides is 2. The van der Waals surface area contributed by atoms with Crippen LogP contribution < -0.4 is 19.1 Å². The van der Waals surface area contributed by atoms with E-state index in [1.165, 1.54) is 0 Å². The zero-order valence-electron chi connectivity index (χ0n) is 17.3. The van der Waals surface area contributed by atoms with Gasteiger partial charge in [0.25, 0.3) is 0 Å². The first-order valence-corrected chi connectivity index (χ1v) is 10.2. The van der Waals surface area contributed by atoms with Crippen LogP contribution in [-0.4, -0.2) is 50.6 Å². The first-order chi connectivity index (χ1) is 14.6. The average Bonchev–Trinajstić information content (AvgIpc) is 3.21. The van der Waals surface area contributed by atoms with Gasteiger partial charge in [0.15, 0.2) is 11.5 Å². The maximum absolute atomic E-state index is 13.3. The van der Waals surface area contributed by atoms with Gasteiger partial charge in [0.1, 0.15) is 12.3 Å². The number of carbonyl (C=O) groups excluding carboxylic acids is 2. The molecule has 2 aromatic rings. The Labute approximate surface area is 176 Å². The zero-order chi connectivity index (χ0) is 21.1. The lowest BCUT2D eigenvalue weighted by Crippen LogP contribution is -2.42. The molecule has 1 unspecified atom stereocenters. The molecule has 30 heavy (non-hydrogen) atoms. The summed E-state index contributed by atoms with van der Waals surface area (Å²) in [5.74, 6) is 1.76. The van der Waals surface area contributed by atoms with Gasteiger partial charge in [0.05, 0.1) is 39.0 Å². The molecule has 0 saturated carbocycles. The summed E-state index contributed by atoms with van der Waals surface area (Å²) in [4.78, 5) is 29.4. The van der Waals surface area contributed by atoms with Gasteiger partial charge in [-0.15, -0.1) is 0 Å². The SMILES string of the molecule is COc1ccc(C2CCCN2C(=O)CN2C(=O)CCOc3ccccc32)cc1OC. The Bertz CT molecular complexity index is 945. The number of hydrogen-bond donors (Lipinski definition) is 0. The van der Waals surface area contributed by atoms with E-state index in [9.17, 15) is 9.59 Å². The van der Waals surface area contributed by atoms with E-state index in [4.69, 9.17) is 14.2 Å². The Hall–Kier alpha value is -3.22. The van der Waals surface area contributed by atoms with Crippen LogP contribution in [0.5, 0.6) is 17.2 Å². The Kier molecular flexibility index (Phi) is 5.79. The highest BCUT2D eigenvalue weighted by Crippen LogP contribution is 2.37. The van der Waals surface area contributed by atoms with Crippen LogP contribution in [0.3, 0.4) is 0 Å². The van der Waals surface area contributed by atoms with E-state index in [0.717, 1.165) is 18.4 Å². The minimum absolute atomic E-state index is 0.00297. The Morgan fingerprint density at radius 2 is 1.93 bits per heavy atom. The number of benzene rings is 2. The second-order valence-electron chi connectivity index (χ2n) is 7.41. The van der Waals surface area contributed by atoms with Gasteiger partial charge in [-0.25, -0.2) is 0 Å². The topological polar surface area (TPSA) is 68.3 Å². The van der Waals surface area contributed by atoms with Crippen LogP contribution in [0.25, 0.3) is 0 Å². The van der Waals surface area contributed by atoms with Gasteiger partial charge in [0, 0.05) is 6.54 Å². The van der Waals surface area contributed by atoms with Crippen molar-refractivity contribution >= 4 is 17.5 Å². The number of rotatable bonds is 5. The van der Waals surface area contributed by atoms with Crippen molar-refractivity contribution in [3.05, 3.63) is 48.0 Å². The molecule has 2 aliphatic heterocycles. The number of anilines is 1. The van der Waals surface area contributed by atoms with Crippen molar-refractivity contribution in [1.82, 2.24) is 4.90 Å². The van der Waals surface area contributed by atoms with E-state index in [1.807, 2.05) is 47.4 Å². The summed E-state index contributed by atoms with van der Waals surface area (Å²) in [5.41, 5.74) is 1.65. The standard InChI is InChI=1S/C23H26N2O5/c1-28-20-10-9-16(14-21(20)29-2)17-7-5-12-24(17)23(27)15-25-18-6-3-4-8-19(18)30-13-11-22(25)26/h3-4,6,8-10,14,17H,5,7,11-13,15H2,1-2H3. The predicted octanol–water partition coefficient (Wildman–Crippen LogP) is 3.18. The molecule has 0 spiro atoms. The molecule has 2 heterocycles. The summed E-state index contributed by atoms with van der Waals surface area (Å²) in [6.45, 7) is 0.986. The van der Waals surface area contributed by atoms with Crippen LogP contribution >= 0.6 is 0 Å². The van der Waals surface area contributed by atoms with Gasteiger partial charge >= 0.3 is 0 Å². The van der Waals surface area contributed by atoms with E-state index in [2.05, 4.69) is 0 Å². The predicted molar refractivity (Wildman–Crippen MR) is 112 cm³/mol. The van der Waals surface area contributed by atoms with Crippen molar-refractivity contribution in [2.24, 2.45) is 0 Å². The fourth-order valence-corrected chi connectivity index (χ4v) is 4.19. The summed E-state index contributed by atoms with van der Waals surface area (Å²) in [5, 5.41) is 0. The molecular weight excluding hydrogens is 384 g/mol. The fourth-order valence-electron chi connectivity index (χ4n) is 4.19. The third-order valence-electron chi connectivity index (χ3n) is 5.69. The van der Waals surface area contributed by atoms with Gasteiger partial charge in [-0.2, -0.15) is 0 Å². The van der Waals surface area contributed by atoms with Gasteiger partial charge in [-0.1, -0.05) is 18.2 Å². The summed E-state index contributed by atoms with van der Waals surface area (Å²) < 4.78 is 16.4. The van der Waals surface area contributed by atoms with Gasteiger partial charge < -0.3 is 19.1 Å². The largest absolute Gasteiger partial charge is 0.493 e. The van der Waals surface area contributed by atoms with Crippen molar-refractivity contribution < 1.29 is 23.8 Å². The van der Waals surface area contributed by atoms with E-state index in [-0.39, 0.29) is 30.8 Å². The summed E-state index contributed by atoms with van der Waals surface area (Å²) >= 11 is 0. The van der Waals surface area contributed by atoms with Crippen LogP contribution in [0.2, 0.25) is 0 Å². The molecule has 7 nitrogen and oxygen atoms in total. The van der Waals surface area contributed by atoms with Gasteiger partial charge in [0.2, 0.25) is 11.8 Å². The van der Waals surface area contributed by atoms with Crippen molar-refractivity contribution in [3.8, 4) is 17.2 Å². The molecule has 158 valence electrons. The van der Waals surface area contributed by atoms with Crippen LogP contribution in [0.15, 0.2) is 42.5 Å². The lowest BCUT2D eigenvalue weighted by Gasteiger charge is -2.29. The molecule has 0 radical (unpaired) electrons. The molecule has 0 aliphatic carbocycles. The minimum Gasteiger partial charge on any atom is -0.493 e. The molecule has 2 aromatic carbocycles. The molecule has 1 saturated heterocycles. The lowest BCUT2D eigenvalue weighted by atomic mass is 10.0. The van der Waals surface area contributed by atoms with Crippen molar-refractivity contribution in [3.63, 3.8) is 0 Å². The normalized spacial score (nSPS) is 18.5. The molecule has 2 amide bonds. The highest BCUT2D eigenvalue weighted by atomic mass is 16.5. The molecule has 4 rings (SSSR count). The quantitative estimate of drug-likeness (QED) is 0.757. The molecule has 7 heteroatoms. The molecule has 0 N–H and O–H groups in total. The van der Waals surface area contributed by atoms with Crippen LogP contribution in [0, 0.1) is 0 Å². The van der Waals surface area contributed by atoms with E-state index < -0.39 is 0 Å². The van der Waals surface area contributed by atoms with Crippen molar-refractivity contribution in [2.75, 3.05) is 38.8 Å². The highest BCUT2D eigenvalue weighted by molar-refractivity contribution is 6.00. The first kappa shape index (κ1) is 20.1. The summed E-state index contributed by atoms with van der Waals surface area (Å²) in [7, 11) is 3.20. The molecule has 2 aliphatic rings. The van der Waals surface area contributed by atoms with E-state index >= 15 is 0 Å². The lowest BCUT2D eigenvalue weighted by molar-refractivity contribution is -0.132. The fraction of sp³-hybridized carbons (Fsp3) is 0.391. The number of ether oxygens (including phenoxy) is 3. The van der Waals surface area contributed by atoms with Crippen molar-refractivity contribution in [2.45, 2.75) is 25.3 Å². The summed E-state index contributed by atoms with van der Waals surface area (Å²) in [6, 6.07) is 13.1. The Balaban J connectivity index is 1.56. The minimum atomic E-state index is -0.102. The number of nitrogens with zero attached hydrogens (tertiary/aromatic N) is 2.